The van der Waals surface area contributed by atoms with Crippen LogP contribution in [0.5, 0.6) is 0 Å². The Kier molecular flexibility index (Phi) is 20.6. The van der Waals surface area contributed by atoms with E-state index in [9.17, 15) is 0 Å². The zero-order valence-electron chi connectivity index (χ0n) is 79.0. The summed E-state index contributed by atoms with van der Waals surface area (Å²) in [5, 5.41) is 27.4. The molecule has 0 unspecified atom stereocenters. The van der Waals surface area contributed by atoms with Gasteiger partial charge in [-0.05, 0) is 222 Å². The lowest BCUT2D eigenvalue weighted by Gasteiger charge is -2.13. The summed E-state index contributed by atoms with van der Waals surface area (Å²) in [6.07, 6.45) is 0. The Labute approximate surface area is 842 Å². The summed E-state index contributed by atoms with van der Waals surface area (Å²) < 4.78 is 19.3. The van der Waals surface area contributed by atoms with Crippen LogP contribution in [0, 0.1) is 0 Å². The highest BCUT2D eigenvalue weighted by Crippen LogP contribution is 2.46. The van der Waals surface area contributed by atoms with Crippen LogP contribution < -0.4 is 0 Å². The van der Waals surface area contributed by atoms with Gasteiger partial charge in [-0.15, -0.1) is 0 Å². The Morgan fingerprint density at radius 3 is 0.946 bits per heavy atom. The predicted octanol–water partition coefficient (Wildman–Crippen LogP) is 35.7. The molecular formula is C135H81N9O3. The largest absolute Gasteiger partial charge is 0.456 e. The molecule has 0 spiro atoms. The number of furan rings is 3. The molecule has 0 bridgehead atoms. The molecule has 0 aliphatic rings. The van der Waals surface area contributed by atoms with E-state index in [0.717, 1.165) is 209 Å². The maximum absolute atomic E-state index is 6.65. The molecule has 30 aromatic rings. The number of para-hydroxylation sites is 1. The van der Waals surface area contributed by atoms with Gasteiger partial charge in [0.05, 0.1) is 0 Å². The van der Waals surface area contributed by atoms with Gasteiger partial charge in [0.1, 0.15) is 33.5 Å². The van der Waals surface area contributed by atoms with Crippen LogP contribution in [0.25, 0.3) is 299 Å². The molecule has 0 N–H and O–H groups in total. The molecule has 0 aliphatic carbocycles. The van der Waals surface area contributed by atoms with Gasteiger partial charge in [-0.2, -0.15) is 0 Å². The zero-order valence-corrected chi connectivity index (χ0v) is 79.0. The van der Waals surface area contributed by atoms with Gasteiger partial charge in [-0.1, -0.05) is 394 Å². The van der Waals surface area contributed by atoms with Crippen molar-refractivity contribution in [2.45, 2.75) is 0 Å². The minimum atomic E-state index is 0.623. The highest BCUT2D eigenvalue weighted by Gasteiger charge is 2.25. The zero-order chi connectivity index (χ0) is 96.9. The molecule has 6 heterocycles. The minimum Gasteiger partial charge on any atom is -0.456 e. The third kappa shape index (κ3) is 15.7. The first-order chi connectivity index (χ1) is 72.7. The number of nitrogens with zero attached hydrogens (tertiary/aromatic N) is 9. The lowest BCUT2D eigenvalue weighted by molar-refractivity contribution is 0.669. The third-order valence-corrected chi connectivity index (χ3v) is 28.4. The maximum Gasteiger partial charge on any atom is 0.164 e. The molecule has 0 saturated heterocycles. The normalized spacial score (nSPS) is 11.7. The summed E-state index contributed by atoms with van der Waals surface area (Å²) in [4.78, 5) is 45.5. The average molecular weight is 1880 g/mol. The van der Waals surface area contributed by atoms with E-state index in [-0.39, 0.29) is 0 Å². The van der Waals surface area contributed by atoms with Crippen molar-refractivity contribution in [3.05, 3.63) is 491 Å². The number of hydrogen-bond acceptors (Lipinski definition) is 12. The second-order valence-corrected chi connectivity index (χ2v) is 37.4. The van der Waals surface area contributed by atoms with Gasteiger partial charge >= 0.3 is 0 Å². The molecular weight excluding hydrogens is 1800 g/mol. The molecule has 0 saturated carbocycles. The molecule has 684 valence electrons. The van der Waals surface area contributed by atoms with E-state index >= 15 is 0 Å². The van der Waals surface area contributed by atoms with Gasteiger partial charge in [0, 0.05) is 88.0 Å². The first-order valence-electron chi connectivity index (χ1n) is 49.3. The minimum absolute atomic E-state index is 0.623. The van der Waals surface area contributed by atoms with Gasteiger partial charge in [-0.3, -0.25) is 0 Å². The van der Waals surface area contributed by atoms with Crippen LogP contribution in [-0.4, -0.2) is 44.9 Å². The summed E-state index contributed by atoms with van der Waals surface area (Å²) in [5.41, 5.74) is 20.5. The summed E-state index contributed by atoms with van der Waals surface area (Å²) in [7, 11) is 0. The van der Waals surface area contributed by atoms with E-state index in [1.54, 1.807) is 0 Å². The summed E-state index contributed by atoms with van der Waals surface area (Å²) >= 11 is 0. The number of hydrogen-bond donors (Lipinski definition) is 0. The standard InChI is InChI=1S/3C45H27N3O/c1-2-11-29(12-3-1)43-46-44(48-45(47-43)38-18-8-15-28-10-6-7-16-36(28)38)35-23-21-32-24-34(22-20-33(32)25-35)37-17-9-19-40-42(37)39-26-30-13-4-5-14-31(30)27-41(39)49-40;1-2-12-29(13-3-1)43-46-44(34-22-21-28-11-4-5-14-30(28)23-34)48-45(47-43)40-26-35(24-33-17-8-9-18-36(33)40)37-19-10-20-38-39-25-31-15-6-7-16-32(31)27-41(39)49-42(37)38;1-2-10-30(11-3-1)43-46-44(36-20-17-28-9-4-5-12-31(28)23-36)48-45(47-43)37-16-8-15-29-18-19-34(24-38(29)37)35-21-22-41-39(26-35)40-25-32-13-6-7-14-33(32)27-42(40)49-41/h3*1-27H. The van der Waals surface area contributed by atoms with Crippen LogP contribution in [-0.2, 0) is 0 Å². The number of fused-ring (bicyclic) bond motifs is 18. The SMILES string of the molecule is c1ccc(-c2nc(-c3ccc4cc(-c5cccc6oc7cc8ccccc8cc7c56)ccc4c3)nc(-c3cccc4ccccc34)n2)cc1.c1ccc(-c2nc(-c3ccc4ccccc4c3)nc(-c3cc(-c4cccc5c4oc4cc6ccccc6cc45)cc4ccccc34)n2)cc1.c1ccc(-c2nc(-c3ccc4ccccc4c3)nc(-c3cccc4ccc(-c5ccc6oc7cc8ccccc8cc7c6c5)cc34)n2)cc1. The molecule has 0 amide bonds. The molecule has 6 aromatic heterocycles. The van der Waals surface area contributed by atoms with Crippen LogP contribution in [0.4, 0.5) is 0 Å². The van der Waals surface area contributed by atoms with E-state index in [1.807, 2.05) is 91.0 Å². The van der Waals surface area contributed by atoms with Crippen molar-refractivity contribution in [1.29, 1.82) is 0 Å². The Morgan fingerprint density at radius 2 is 0.415 bits per heavy atom. The lowest BCUT2D eigenvalue weighted by atomic mass is 9.95. The first-order valence-corrected chi connectivity index (χ1v) is 49.3. The van der Waals surface area contributed by atoms with Crippen LogP contribution >= 0.6 is 0 Å². The van der Waals surface area contributed by atoms with Crippen LogP contribution in [0.3, 0.4) is 0 Å². The fourth-order valence-corrected chi connectivity index (χ4v) is 21.1. The molecule has 12 nitrogen and oxygen atoms in total. The molecule has 0 radical (unpaired) electrons. The fraction of sp³-hybridized carbons (Fsp3) is 0. The summed E-state index contributed by atoms with van der Waals surface area (Å²) in [6.45, 7) is 0. The van der Waals surface area contributed by atoms with E-state index < -0.39 is 0 Å². The Hall–Kier alpha value is -20.0. The van der Waals surface area contributed by atoms with Crippen molar-refractivity contribution in [3.8, 4) is 136 Å². The van der Waals surface area contributed by atoms with E-state index in [1.165, 1.54) is 37.7 Å². The topological polar surface area (TPSA) is 155 Å². The Morgan fingerprint density at radius 1 is 0.116 bits per heavy atom. The predicted molar refractivity (Wildman–Crippen MR) is 604 cm³/mol. The smallest absolute Gasteiger partial charge is 0.164 e. The van der Waals surface area contributed by atoms with Gasteiger partial charge in [-0.25, -0.2) is 44.9 Å². The fourth-order valence-electron chi connectivity index (χ4n) is 21.1. The van der Waals surface area contributed by atoms with Crippen molar-refractivity contribution in [2.75, 3.05) is 0 Å². The monoisotopic (exact) mass is 1880 g/mol. The maximum atomic E-state index is 6.65. The highest BCUT2D eigenvalue weighted by atomic mass is 16.3. The highest BCUT2D eigenvalue weighted by molar-refractivity contribution is 6.18. The molecule has 147 heavy (non-hydrogen) atoms. The number of rotatable bonds is 12. The van der Waals surface area contributed by atoms with Gasteiger partial charge < -0.3 is 13.3 Å². The third-order valence-electron chi connectivity index (χ3n) is 28.4. The summed E-state index contributed by atoms with van der Waals surface area (Å²) in [5.74, 6) is 5.77. The molecule has 30 rings (SSSR count). The van der Waals surface area contributed by atoms with Crippen molar-refractivity contribution in [1.82, 2.24) is 44.9 Å². The molecule has 0 fully saturated rings. The Bertz CT molecular complexity index is 10600. The molecule has 24 aromatic carbocycles. The van der Waals surface area contributed by atoms with E-state index in [4.69, 9.17) is 58.1 Å². The van der Waals surface area contributed by atoms with E-state index in [2.05, 4.69) is 400 Å². The van der Waals surface area contributed by atoms with Crippen molar-refractivity contribution in [2.24, 2.45) is 0 Å². The lowest BCUT2D eigenvalue weighted by Crippen LogP contribution is -2.01. The second kappa shape index (κ2) is 35.7. The van der Waals surface area contributed by atoms with Gasteiger partial charge in [0.15, 0.2) is 52.4 Å². The molecule has 0 atom stereocenters. The Balaban J connectivity index is 0.000000107. The van der Waals surface area contributed by atoms with Crippen molar-refractivity contribution < 1.29 is 13.3 Å². The van der Waals surface area contributed by atoms with Gasteiger partial charge in [0.2, 0.25) is 0 Å². The molecule has 12 heteroatoms. The second-order valence-electron chi connectivity index (χ2n) is 37.4. The van der Waals surface area contributed by atoms with E-state index in [0.29, 0.717) is 52.4 Å². The summed E-state index contributed by atoms with van der Waals surface area (Å²) in [6, 6.07) is 171. The quantitative estimate of drug-likeness (QED) is 0.114. The van der Waals surface area contributed by atoms with Crippen molar-refractivity contribution >= 4 is 163 Å². The van der Waals surface area contributed by atoms with Crippen LogP contribution in [0.1, 0.15) is 0 Å². The van der Waals surface area contributed by atoms with Crippen molar-refractivity contribution in [3.63, 3.8) is 0 Å². The van der Waals surface area contributed by atoms with Crippen LogP contribution in [0.15, 0.2) is 505 Å². The number of benzene rings is 24. The van der Waals surface area contributed by atoms with Gasteiger partial charge in [0.25, 0.3) is 0 Å². The van der Waals surface area contributed by atoms with Crippen LogP contribution in [0.2, 0.25) is 0 Å². The number of aromatic nitrogens is 9. The average Bonchev–Trinajstić information content (AvgIpc) is 1.61. The molecule has 0 aliphatic heterocycles. The first kappa shape index (κ1) is 85.1.